The van der Waals surface area contributed by atoms with E-state index in [-0.39, 0.29) is 0 Å². The lowest BCUT2D eigenvalue weighted by Gasteiger charge is -2.32. The van der Waals surface area contributed by atoms with Crippen LogP contribution in [0, 0.1) is 5.92 Å². The van der Waals surface area contributed by atoms with E-state index in [1.54, 1.807) is 0 Å². The molecule has 2 heterocycles. The van der Waals surface area contributed by atoms with E-state index in [4.69, 9.17) is 10.5 Å². The van der Waals surface area contributed by atoms with Crippen LogP contribution >= 0.6 is 0 Å². The zero-order chi connectivity index (χ0) is 9.80. The van der Waals surface area contributed by atoms with Crippen molar-refractivity contribution in [3.8, 4) is 0 Å². The van der Waals surface area contributed by atoms with Crippen LogP contribution < -0.4 is 5.73 Å². The summed E-state index contributed by atoms with van der Waals surface area (Å²) in [6, 6.07) is 0.427. The molecule has 0 aromatic heterocycles. The fourth-order valence-electron chi connectivity index (χ4n) is 2.35. The summed E-state index contributed by atoms with van der Waals surface area (Å²) < 4.78 is 5.16. The van der Waals surface area contributed by atoms with Gasteiger partial charge in [0, 0.05) is 18.5 Å². The highest BCUT2D eigenvalue weighted by molar-refractivity contribution is 4.75. The van der Waals surface area contributed by atoms with Gasteiger partial charge < -0.3 is 15.4 Å². The second kappa shape index (κ2) is 5.10. The first-order valence-electron chi connectivity index (χ1n) is 5.90. The minimum absolute atomic E-state index is 0.427. The summed E-state index contributed by atoms with van der Waals surface area (Å²) in [7, 11) is 0. The van der Waals surface area contributed by atoms with Crippen molar-refractivity contribution in [1.29, 1.82) is 0 Å². The maximum absolute atomic E-state index is 5.93. The number of nitrogens with zero attached hydrogens (tertiary/aromatic N) is 1. The molecule has 0 spiro atoms. The van der Waals surface area contributed by atoms with Crippen LogP contribution in [0.4, 0.5) is 0 Å². The van der Waals surface area contributed by atoms with Gasteiger partial charge in [0.15, 0.2) is 0 Å². The average Bonchev–Trinajstić information content (AvgIpc) is 2.09. The highest BCUT2D eigenvalue weighted by atomic mass is 16.5. The summed E-state index contributed by atoms with van der Waals surface area (Å²) in [5, 5.41) is 0. The van der Waals surface area contributed by atoms with Gasteiger partial charge in [0.2, 0.25) is 0 Å². The quantitative estimate of drug-likeness (QED) is 0.727. The maximum Gasteiger partial charge on any atom is 0.0516 e. The molecule has 0 aliphatic carbocycles. The Morgan fingerprint density at radius 2 is 2.21 bits per heavy atom. The SMILES string of the molecule is NC1CCCN(CCCC2COC2)C1. The van der Waals surface area contributed by atoms with Crippen molar-refractivity contribution in [2.45, 2.75) is 31.7 Å². The lowest BCUT2D eigenvalue weighted by molar-refractivity contribution is -0.0372. The Kier molecular flexibility index (Phi) is 3.79. The second-order valence-corrected chi connectivity index (χ2v) is 4.75. The maximum atomic E-state index is 5.93. The molecule has 0 radical (unpaired) electrons. The number of hydrogen-bond donors (Lipinski definition) is 1. The van der Waals surface area contributed by atoms with Gasteiger partial charge in [0.05, 0.1) is 13.2 Å². The van der Waals surface area contributed by atoms with Crippen molar-refractivity contribution in [1.82, 2.24) is 4.90 Å². The molecule has 3 heteroatoms. The molecule has 2 rings (SSSR count). The molecule has 0 saturated carbocycles. The monoisotopic (exact) mass is 198 g/mol. The molecular formula is C11H22N2O. The largest absolute Gasteiger partial charge is 0.381 e. The van der Waals surface area contributed by atoms with E-state index >= 15 is 0 Å². The molecule has 1 unspecified atom stereocenters. The van der Waals surface area contributed by atoms with Crippen LogP contribution in [0.25, 0.3) is 0 Å². The van der Waals surface area contributed by atoms with Crippen molar-refractivity contribution in [3.05, 3.63) is 0 Å². The number of hydrogen-bond acceptors (Lipinski definition) is 3. The van der Waals surface area contributed by atoms with Crippen molar-refractivity contribution in [2.75, 3.05) is 32.8 Å². The third-order valence-corrected chi connectivity index (χ3v) is 3.34. The molecule has 2 saturated heterocycles. The molecule has 3 nitrogen and oxygen atoms in total. The number of piperidine rings is 1. The Morgan fingerprint density at radius 3 is 2.86 bits per heavy atom. The van der Waals surface area contributed by atoms with E-state index in [2.05, 4.69) is 4.90 Å². The fraction of sp³-hybridized carbons (Fsp3) is 1.00. The molecular weight excluding hydrogens is 176 g/mol. The third kappa shape index (κ3) is 2.94. The van der Waals surface area contributed by atoms with Crippen LogP contribution in [0.2, 0.25) is 0 Å². The van der Waals surface area contributed by atoms with E-state index in [0.717, 1.165) is 25.7 Å². The van der Waals surface area contributed by atoms with Crippen molar-refractivity contribution in [2.24, 2.45) is 11.7 Å². The molecule has 82 valence electrons. The Morgan fingerprint density at radius 1 is 1.36 bits per heavy atom. The zero-order valence-electron chi connectivity index (χ0n) is 8.95. The summed E-state index contributed by atoms with van der Waals surface area (Å²) in [5.41, 5.74) is 5.93. The van der Waals surface area contributed by atoms with Crippen LogP contribution in [0.1, 0.15) is 25.7 Å². The number of likely N-dealkylation sites (tertiary alicyclic amines) is 1. The van der Waals surface area contributed by atoms with Crippen LogP contribution in [0.3, 0.4) is 0 Å². The van der Waals surface area contributed by atoms with Crippen LogP contribution in [0.5, 0.6) is 0 Å². The molecule has 2 aliphatic rings. The van der Waals surface area contributed by atoms with Gasteiger partial charge in [-0.05, 0) is 38.8 Å². The normalized spacial score (nSPS) is 30.2. The molecule has 2 N–H and O–H groups in total. The van der Waals surface area contributed by atoms with E-state index in [9.17, 15) is 0 Å². The smallest absolute Gasteiger partial charge is 0.0516 e. The predicted molar refractivity (Wildman–Crippen MR) is 57.2 cm³/mol. The summed E-state index contributed by atoms with van der Waals surface area (Å²) in [5.74, 6) is 0.855. The van der Waals surface area contributed by atoms with Gasteiger partial charge in [-0.25, -0.2) is 0 Å². The van der Waals surface area contributed by atoms with E-state index in [0.29, 0.717) is 6.04 Å². The Bertz CT molecular complexity index is 171. The van der Waals surface area contributed by atoms with Gasteiger partial charge in [-0.3, -0.25) is 0 Å². The van der Waals surface area contributed by atoms with E-state index in [1.165, 1.54) is 38.8 Å². The van der Waals surface area contributed by atoms with Gasteiger partial charge in [0.1, 0.15) is 0 Å². The molecule has 0 bridgehead atoms. The van der Waals surface area contributed by atoms with Gasteiger partial charge in [-0.1, -0.05) is 0 Å². The summed E-state index contributed by atoms with van der Waals surface area (Å²) in [6.07, 6.45) is 5.16. The van der Waals surface area contributed by atoms with Gasteiger partial charge in [0.25, 0.3) is 0 Å². The predicted octanol–water partition coefficient (Wildman–Crippen LogP) is 0.836. The van der Waals surface area contributed by atoms with Gasteiger partial charge in [-0.2, -0.15) is 0 Å². The van der Waals surface area contributed by atoms with Gasteiger partial charge >= 0.3 is 0 Å². The van der Waals surface area contributed by atoms with Crippen LogP contribution in [0.15, 0.2) is 0 Å². The zero-order valence-corrected chi connectivity index (χ0v) is 8.95. The van der Waals surface area contributed by atoms with Crippen LogP contribution in [-0.2, 0) is 4.74 Å². The lowest BCUT2D eigenvalue weighted by atomic mass is 10.0. The number of rotatable bonds is 4. The molecule has 2 aliphatic heterocycles. The first-order chi connectivity index (χ1) is 6.84. The first kappa shape index (κ1) is 10.4. The average molecular weight is 198 g/mol. The highest BCUT2D eigenvalue weighted by Gasteiger charge is 2.19. The van der Waals surface area contributed by atoms with E-state index < -0.39 is 0 Å². The first-order valence-corrected chi connectivity index (χ1v) is 5.90. The highest BCUT2D eigenvalue weighted by Crippen LogP contribution is 2.17. The molecule has 0 aromatic carbocycles. The lowest BCUT2D eigenvalue weighted by Crippen LogP contribution is -2.43. The van der Waals surface area contributed by atoms with Gasteiger partial charge in [-0.15, -0.1) is 0 Å². The standard InChI is InChI=1S/C11H22N2O/c12-11-4-2-6-13(7-11)5-1-3-10-8-14-9-10/h10-11H,1-9,12H2. The summed E-state index contributed by atoms with van der Waals surface area (Å²) >= 11 is 0. The molecule has 14 heavy (non-hydrogen) atoms. The number of ether oxygens (including phenoxy) is 1. The Labute approximate surface area is 86.6 Å². The molecule has 1 atom stereocenters. The summed E-state index contributed by atoms with van der Waals surface area (Å²) in [4.78, 5) is 2.52. The summed E-state index contributed by atoms with van der Waals surface area (Å²) in [6.45, 7) is 5.61. The fourth-order valence-corrected chi connectivity index (χ4v) is 2.35. The molecule has 0 amide bonds. The topological polar surface area (TPSA) is 38.5 Å². The van der Waals surface area contributed by atoms with Crippen molar-refractivity contribution >= 4 is 0 Å². The molecule has 0 aromatic rings. The minimum Gasteiger partial charge on any atom is -0.381 e. The Hall–Kier alpha value is -0.120. The number of nitrogens with two attached hydrogens (primary N) is 1. The van der Waals surface area contributed by atoms with Crippen molar-refractivity contribution < 1.29 is 4.74 Å². The minimum atomic E-state index is 0.427. The Balaban J connectivity index is 1.55. The third-order valence-electron chi connectivity index (χ3n) is 3.34. The molecule has 2 fully saturated rings. The van der Waals surface area contributed by atoms with Crippen LogP contribution in [-0.4, -0.2) is 43.8 Å². The van der Waals surface area contributed by atoms with E-state index in [1.807, 2.05) is 0 Å². The second-order valence-electron chi connectivity index (χ2n) is 4.75. The van der Waals surface area contributed by atoms with Crippen molar-refractivity contribution in [3.63, 3.8) is 0 Å².